The Morgan fingerprint density at radius 2 is 1.77 bits per heavy atom. The number of carbonyl (C=O) groups excluding carboxylic acids is 1. The smallest absolute Gasteiger partial charge is 0.257 e. The highest BCUT2D eigenvalue weighted by molar-refractivity contribution is 7.22. The zero-order chi connectivity index (χ0) is 15.9. The van der Waals surface area contributed by atoms with Gasteiger partial charge in [-0.15, -0.1) is 0 Å². The van der Waals surface area contributed by atoms with E-state index in [1.807, 2.05) is 32.0 Å². The number of aromatic nitrogens is 1. The molecule has 1 amide bonds. The third-order valence-corrected chi connectivity index (χ3v) is 4.88. The molecule has 0 saturated heterocycles. The predicted octanol–water partition coefficient (Wildman–Crippen LogP) is 4.78. The van der Waals surface area contributed by atoms with Gasteiger partial charge in [-0.3, -0.25) is 10.1 Å². The van der Waals surface area contributed by atoms with Gasteiger partial charge in [0.05, 0.1) is 10.2 Å². The van der Waals surface area contributed by atoms with Crippen LogP contribution in [-0.4, -0.2) is 10.9 Å². The van der Waals surface area contributed by atoms with Crippen molar-refractivity contribution in [1.82, 2.24) is 4.98 Å². The summed E-state index contributed by atoms with van der Waals surface area (Å²) in [4.78, 5) is 17.0. The van der Waals surface area contributed by atoms with Crippen LogP contribution in [-0.2, 0) is 0 Å². The molecule has 1 heterocycles. The molecule has 0 aliphatic carbocycles. The fraction of sp³-hybridized carbons (Fsp3) is 0.222. The molecule has 3 aromatic rings. The minimum atomic E-state index is -0.102. The van der Waals surface area contributed by atoms with Crippen LogP contribution in [0.2, 0.25) is 0 Å². The van der Waals surface area contributed by atoms with Gasteiger partial charge in [-0.05, 0) is 56.5 Å². The molecule has 3 nitrogen and oxygen atoms in total. The predicted molar refractivity (Wildman–Crippen MR) is 93.0 cm³/mol. The first kappa shape index (κ1) is 14.7. The topological polar surface area (TPSA) is 42.0 Å². The molecule has 0 atom stereocenters. The minimum Gasteiger partial charge on any atom is -0.298 e. The van der Waals surface area contributed by atoms with Crippen LogP contribution >= 0.6 is 11.3 Å². The monoisotopic (exact) mass is 310 g/mol. The third kappa shape index (κ3) is 2.62. The van der Waals surface area contributed by atoms with Crippen molar-refractivity contribution in [2.45, 2.75) is 27.7 Å². The lowest BCUT2D eigenvalue weighted by Gasteiger charge is -2.06. The zero-order valence-corrected chi connectivity index (χ0v) is 14.0. The van der Waals surface area contributed by atoms with Crippen LogP contribution < -0.4 is 5.32 Å². The zero-order valence-electron chi connectivity index (χ0n) is 13.2. The van der Waals surface area contributed by atoms with Gasteiger partial charge in [-0.25, -0.2) is 4.98 Å². The second kappa shape index (κ2) is 5.54. The van der Waals surface area contributed by atoms with Crippen molar-refractivity contribution in [1.29, 1.82) is 0 Å². The molecule has 0 radical (unpaired) electrons. The molecule has 22 heavy (non-hydrogen) atoms. The van der Waals surface area contributed by atoms with Crippen molar-refractivity contribution in [2.75, 3.05) is 5.32 Å². The maximum absolute atomic E-state index is 12.5. The highest BCUT2D eigenvalue weighted by atomic mass is 32.1. The van der Waals surface area contributed by atoms with Crippen LogP contribution in [0.1, 0.15) is 32.6 Å². The van der Waals surface area contributed by atoms with Crippen LogP contribution in [0, 0.1) is 27.7 Å². The highest BCUT2D eigenvalue weighted by Gasteiger charge is 2.13. The van der Waals surface area contributed by atoms with Crippen LogP contribution in [0.4, 0.5) is 5.13 Å². The van der Waals surface area contributed by atoms with Crippen LogP contribution in [0.25, 0.3) is 10.2 Å². The van der Waals surface area contributed by atoms with Gasteiger partial charge < -0.3 is 0 Å². The van der Waals surface area contributed by atoms with E-state index in [0.717, 1.165) is 21.3 Å². The normalized spacial score (nSPS) is 10.9. The fourth-order valence-corrected chi connectivity index (χ4v) is 3.34. The van der Waals surface area contributed by atoms with Crippen molar-refractivity contribution < 1.29 is 4.79 Å². The van der Waals surface area contributed by atoms with Crippen LogP contribution in [0.5, 0.6) is 0 Å². The lowest BCUT2D eigenvalue weighted by atomic mass is 10.1. The van der Waals surface area contributed by atoms with Gasteiger partial charge in [0, 0.05) is 5.56 Å². The molecule has 1 aromatic heterocycles. The Kier molecular flexibility index (Phi) is 3.71. The van der Waals surface area contributed by atoms with E-state index in [9.17, 15) is 4.79 Å². The maximum Gasteiger partial charge on any atom is 0.257 e. The number of anilines is 1. The number of amides is 1. The van der Waals surface area contributed by atoms with E-state index in [4.69, 9.17) is 0 Å². The first-order valence-corrected chi connectivity index (χ1v) is 8.02. The summed E-state index contributed by atoms with van der Waals surface area (Å²) in [5.74, 6) is -0.102. The van der Waals surface area contributed by atoms with Crippen LogP contribution in [0.15, 0.2) is 30.3 Å². The molecule has 0 saturated carbocycles. The molecule has 2 aromatic carbocycles. The molecule has 0 unspecified atom stereocenters. The van der Waals surface area contributed by atoms with E-state index >= 15 is 0 Å². The molecule has 0 bridgehead atoms. The number of carbonyl (C=O) groups is 1. The van der Waals surface area contributed by atoms with E-state index in [-0.39, 0.29) is 5.91 Å². The molecule has 3 rings (SSSR count). The molecular formula is C18H18N2OS. The molecule has 112 valence electrons. The van der Waals surface area contributed by atoms with Crippen molar-refractivity contribution in [3.63, 3.8) is 0 Å². The van der Waals surface area contributed by atoms with Gasteiger partial charge in [-0.1, -0.05) is 35.1 Å². The van der Waals surface area contributed by atoms with Gasteiger partial charge in [0.2, 0.25) is 0 Å². The average molecular weight is 310 g/mol. The molecule has 0 fully saturated rings. The molecule has 0 aliphatic heterocycles. The molecular weight excluding hydrogens is 292 g/mol. The van der Waals surface area contributed by atoms with Gasteiger partial charge >= 0.3 is 0 Å². The van der Waals surface area contributed by atoms with Gasteiger partial charge in [0.25, 0.3) is 5.91 Å². The summed E-state index contributed by atoms with van der Waals surface area (Å²) in [5, 5.41) is 3.58. The van der Waals surface area contributed by atoms with E-state index in [0.29, 0.717) is 10.7 Å². The number of rotatable bonds is 2. The third-order valence-electron chi connectivity index (χ3n) is 3.94. The maximum atomic E-state index is 12.5. The number of thiazole rings is 1. The Labute approximate surface area is 134 Å². The fourth-order valence-electron chi connectivity index (χ4n) is 2.42. The van der Waals surface area contributed by atoms with Crippen molar-refractivity contribution in [3.8, 4) is 0 Å². The number of aryl methyl sites for hydroxylation is 4. The second-order valence-corrected chi connectivity index (χ2v) is 6.68. The summed E-state index contributed by atoms with van der Waals surface area (Å²) >= 11 is 1.51. The first-order chi connectivity index (χ1) is 10.5. The Balaban J connectivity index is 1.94. The first-order valence-electron chi connectivity index (χ1n) is 7.21. The number of fused-ring (bicyclic) bond motifs is 1. The summed E-state index contributed by atoms with van der Waals surface area (Å²) in [6.07, 6.45) is 0. The number of nitrogens with one attached hydrogen (secondary N) is 1. The number of hydrogen-bond acceptors (Lipinski definition) is 3. The van der Waals surface area contributed by atoms with Gasteiger partial charge in [-0.2, -0.15) is 0 Å². The number of hydrogen-bond donors (Lipinski definition) is 1. The van der Waals surface area contributed by atoms with Crippen molar-refractivity contribution in [3.05, 3.63) is 58.1 Å². The number of benzene rings is 2. The molecule has 0 spiro atoms. The average Bonchev–Trinajstić information content (AvgIpc) is 2.89. The Bertz CT molecular complexity index is 880. The minimum absolute atomic E-state index is 0.102. The summed E-state index contributed by atoms with van der Waals surface area (Å²) in [5.41, 5.74) is 6.10. The summed E-state index contributed by atoms with van der Waals surface area (Å²) in [7, 11) is 0. The Morgan fingerprint density at radius 3 is 2.55 bits per heavy atom. The molecule has 0 aliphatic rings. The SMILES string of the molecule is Cc1ccc(C)c(C(=O)Nc2nc3c(C)c(C)ccc3s2)c1. The second-order valence-electron chi connectivity index (χ2n) is 5.65. The van der Waals surface area contributed by atoms with Crippen molar-refractivity contribution in [2.24, 2.45) is 0 Å². The standard InChI is InChI=1S/C18H18N2OS/c1-10-5-6-12(3)14(9-10)17(21)20-18-19-16-13(4)11(2)7-8-15(16)22-18/h5-9H,1-4H3,(H,19,20,21). The summed E-state index contributed by atoms with van der Waals surface area (Å²) < 4.78 is 1.10. The van der Waals surface area contributed by atoms with Crippen LogP contribution in [0.3, 0.4) is 0 Å². The quantitative estimate of drug-likeness (QED) is 0.740. The Morgan fingerprint density at radius 1 is 1.05 bits per heavy atom. The molecule has 4 heteroatoms. The van der Waals surface area contributed by atoms with E-state index in [2.05, 4.69) is 36.3 Å². The van der Waals surface area contributed by atoms with Crippen molar-refractivity contribution >= 4 is 32.6 Å². The summed E-state index contributed by atoms with van der Waals surface area (Å²) in [6.45, 7) is 8.07. The number of nitrogens with zero attached hydrogens (tertiary/aromatic N) is 1. The largest absolute Gasteiger partial charge is 0.298 e. The molecule has 1 N–H and O–H groups in total. The lowest BCUT2D eigenvalue weighted by molar-refractivity contribution is 0.102. The highest BCUT2D eigenvalue weighted by Crippen LogP contribution is 2.30. The van der Waals surface area contributed by atoms with E-state index in [1.165, 1.54) is 22.5 Å². The van der Waals surface area contributed by atoms with Gasteiger partial charge in [0.15, 0.2) is 5.13 Å². The van der Waals surface area contributed by atoms with Gasteiger partial charge in [0.1, 0.15) is 0 Å². The Hall–Kier alpha value is -2.20. The lowest BCUT2D eigenvalue weighted by Crippen LogP contribution is -2.13. The van der Waals surface area contributed by atoms with E-state index < -0.39 is 0 Å². The summed E-state index contributed by atoms with van der Waals surface area (Å²) in [6, 6.07) is 10.0. The van der Waals surface area contributed by atoms with E-state index in [1.54, 1.807) is 0 Å².